The standard InChI is InChI=1S/C14H11FN2O3/c15-9-5-3-7-11(12(9)14(19)20)17-13(18)8-4-1-2-6-10(8)16/h1-7H,16H2,(H,17,18)(H,19,20). The number of aromatic carboxylic acids is 1. The highest BCUT2D eigenvalue weighted by Crippen LogP contribution is 2.21. The van der Waals surface area contributed by atoms with Gasteiger partial charge in [0.15, 0.2) is 0 Å². The van der Waals surface area contributed by atoms with Crippen LogP contribution in [0.1, 0.15) is 20.7 Å². The molecule has 2 rings (SSSR count). The third kappa shape index (κ3) is 2.59. The molecule has 0 fully saturated rings. The number of nitrogens with two attached hydrogens (primary N) is 1. The first-order valence-electron chi connectivity index (χ1n) is 5.68. The van der Waals surface area contributed by atoms with Gasteiger partial charge in [-0.3, -0.25) is 4.79 Å². The lowest BCUT2D eigenvalue weighted by Gasteiger charge is -2.10. The molecule has 5 nitrogen and oxygen atoms in total. The van der Waals surface area contributed by atoms with Gasteiger partial charge in [-0.1, -0.05) is 18.2 Å². The van der Waals surface area contributed by atoms with Crippen LogP contribution >= 0.6 is 0 Å². The molecule has 0 aliphatic rings. The minimum absolute atomic E-state index is 0.120. The summed E-state index contributed by atoms with van der Waals surface area (Å²) in [6.45, 7) is 0. The molecule has 0 heterocycles. The molecule has 0 aliphatic heterocycles. The Morgan fingerprint density at radius 3 is 2.45 bits per heavy atom. The summed E-state index contributed by atoms with van der Waals surface area (Å²) >= 11 is 0. The van der Waals surface area contributed by atoms with Crippen LogP contribution in [0.4, 0.5) is 15.8 Å². The van der Waals surface area contributed by atoms with Crippen LogP contribution in [0.5, 0.6) is 0 Å². The van der Waals surface area contributed by atoms with Crippen molar-refractivity contribution in [1.29, 1.82) is 0 Å². The third-order valence-corrected chi connectivity index (χ3v) is 2.68. The van der Waals surface area contributed by atoms with E-state index < -0.39 is 23.3 Å². The van der Waals surface area contributed by atoms with Gasteiger partial charge in [-0.2, -0.15) is 0 Å². The first-order valence-corrected chi connectivity index (χ1v) is 5.68. The molecule has 0 bridgehead atoms. The van der Waals surface area contributed by atoms with E-state index in [1.165, 1.54) is 18.2 Å². The molecular weight excluding hydrogens is 263 g/mol. The van der Waals surface area contributed by atoms with Crippen molar-refractivity contribution < 1.29 is 19.1 Å². The zero-order valence-corrected chi connectivity index (χ0v) is 10.3. The molecule has 1 amide bonds. The van der Waals surface area contributed by atoms with Gasteiger partial charge in [0, 0.05) is 5.69 Å². The molecule has 0 spiro atoms. The van der Waals surface area contributed by atoms with Gasteiger partial charge in [0.05, 0.1) is 11.3 Å². The highest BCUT2D eigenvalue weighted by Gasteiger charge is 2.18. The van der Waals surface area contributed by atoms with Crippen LogP contribution in [0.15, 0.2) is 42.5 Å². The average molecular weight is 274 g/mol. The predicted molar refractivity (Wildman–Crippen MR) is 72.2 cm³/mol. The van der Waals surface area contributed by atoms with E-state index >= 15 is 0 Å². The number of hydrogen-bond donors (Lipinski definition) is 3. The van der Waals surface area contributed by atoms with E-state index in [9.17, 15) is 14.0 Å². The fourth-order valence-electron chi connectivity index (χ4n) is 1.74. The first kappa shape index (κ1) is 13.5. The Balaban J connectivity index is 2.36. The van der Waals surface area contributed by atoms with Gasteiger partial charge in [-0.05, 0) is 24.3 Å². The number of hydrogen-bond acceptors (Lipinski definition) is 3. The second kappa shape index (κ2) is 5.40. The maximum Gasteiger partial charge on any atom is 0.340 e. The molecule has 0 radical (unpaired) electrons. The molecule has 2 aromatic carbocycles. The molecule has 6 heteroatoms. The van der Waals surface area contributed by atoms with Gasteiger partial charge in [-0.15, -0.1) is 0 Å². The second-order valence-electron chi connectivity index (χ2n) is 4.01. The van der Waals surface area contributed by atoms with Gasteiger partial charge in [-0.25, -0.2) is 9.18 Å². The number of carboxylic acid groups (broad SMARTS) is 1. The number of rotatable bonds is 3. The average Bonchev–Trinajstić information content (AvgIpc) is 2.38. The Morgan fingerprint density at radius 2 is 1.80 bits per heavy atom. The smallest absolute Gasteiger partial charge is 0.340 e. The van der Waals surface area contributed by atoms with Gasteiger partial charge < -0.3 is 16.2 Å². The minimum atomic E-state index is -1.46. The quantitative estimate of drug-likeness (QED) is 0.749. The molecule has 20 heavy (non-hydrogen) atoms. The zero-order chi connectivity index (χ0) is 14.7. The number of para-hydroxylation sites is 1. The minimum Gasteiger partial charge on any atom is -0.478 e. The number of carbonyl (C=O) groups excluding carboxylic acids is 1. The second-order valence-corrected chi connectivity index (χ2v) is 4.01. The van der Waals surface area contributed by atoms with Gasteiger partial charge >= 0.3 is 5.97 Å². The van der Waals surface area contributed by atoms with Gasteiger partial charge in [0.1, 0.15) is 11.4 Å². The van der Waals surface area contributed by atoms with Crippen LogP contribution in [-0.4, -0.2) is 17.0 Å². The van der Waals surface area contributed by atoms with E-state index in [0.29, 0.717) is 0 Å². The van der Waals surface area contributed by atoms with Crippen LogP contribution in [-0.2, 0) is 0 Å². The van der Waals surface area contributed by atoms with Crippen molar-refractivity contribution in [1.82, 2.24) is 0 Å². The molecule has 102 valence electrons. The number of anilines is 2. The number of carboxylic acids is 1. The number of halogens is 1. The molecule has 2 aromatic rings. The Labute approximate surface area is 113 Å². The maximum atomic E-state index is 13.5. The summed E-state index contributed by atoms with van der Waals surface area (Å²) in [5.41, 5.74) is 5.38. The topological polar surface area (TPSA) is 92.4 Å². The molecule has 0 unspecified atom stereocenters. The van der Waals surface area contributed by atoms with Gasteiger partial charge in [0.2, 0.25) is 0 Å². The van der Waals surface area contributed by atoms with Crippen molar-refractivity contribution in [3.63, 3.8) is 0 Å². The van der Waals surface area contributed by atoms with Crippen molar-refractivity contribution in [2.75, 3.05) is 11.1 Å². The number of nitrogens with one attached hydrogen (secondary N) is 1. The Hall–Kier alpha value is -2.89. The SMILES string of the molecule is Nc1ccccc1C(=O)Nc1cccc(F)c1C(=O)O. The fourth-order valence-corrected chi connectivity index (χ4v) is 1.74. The monoisotopic (exact) mass is 274 g/mol. The number of benzene rings is 2. The summed E-state index contributed by atoms with van der Waals surface area (Å²) in [7, 11) is 0. The molecule has 0 atom stereocenters. The van der Waals surface area contributed by atoms with Crippen LogP contribution in [0.25, 0.3) is 0 Å². The molecular formula is C14H11FN2O3. The molecule has 0 saturated carbocycles. The fraction of sp³-hybridized carbons (Fsp3) is 0. The molecule has 0 saturated heterocycles. The number of carbonyl (C=O) groups is 2. The lowest BCUT2D eigenvalue weighted by Crippen LogP contribution is -2.17. The maximum absolute atomic E-state index is 13.5. The first-order chi connectivity index (χ1) is 9.50. The van der Waals surface area contributed by atoms with E-state index in [1.807, 2.05) is 0 Å². The van der Waals surface area contributed by atoms with Crippen LogP contribution in [0.3, 0.4) is 0 Å². The summed E-state index contributed by atoms with van der Waals surface area (Å²) in [5.74, 6) is -2.98. The van der Waals surface area contributed by atoms with E-state index in [-0.39, 0.29) is 16.9 Å². The Morgan fingerprint density at radius 1 is 1.10 bits per heavy atom. The van der Waals surface area contributed by atoms with Crippen LogP contribution in [0, 0.1) is 5.82 Å². The van der Waals surface area contributed by atoms with E-state index in [1.54, 1.807) is 18.2 Å². The normalized spacial score (nSPS) is 10.1. The molecule has 4 N–H and O–H groups in total. The van der Waals surface area contributed by atoms with E-state index in [0.717, 1.165) is 6.07 Å². The summed E-state index contributed by atoms with van der Waals surface area (Å²) in [6.07, 6.45) is 0. The number of nitrogen functional groups attached to an aromatic ring is 1. The highest BCUT2D eigenvalue weighted by molar-refractivity contribution is 6.10. The summed E-state index contributed by atoms with van der Waals surface area (Å²) in [5, 5.41) is 11.3. The summed E-state index contributed by atoms with van der Waals surface area (Å²) in [4.78, 5) is 23.0. The Bertz CT molecular complexity index is 686. The van der Waals surface area contributed by atoms with Crippen molar-refractivity contribution in [2.45, 2.75) is 0 Å². The zero-order valence-electron chi connectivity index (χ0n) is 10.3. The lowest BCUT2D eigenvalue weighted by molar-refractivity contribution is 0.0693. The van der Waals surface area contributed by atoms with E-state index in [4.69, 9.17) is 10.8 Å². The predicted octanol–water partition coefficient (Wildman–Crippen LogP) is 2.36. The molecule has 0 aromatic heterocycles. The third-order valence-electron chi connectivity index (χ3n) is 2.68. The van der Waals surface area contributed by atoms with Crippen LogP contribution in [0.2, 0.25) is 0 Å². The van der Waals surface area contributed by atoms with E-state index in [2.05, 4.69) is 5.32 Å². The van der Waals surface area contributed by atoms with Crippen molar-refractivity contribution >= 4 is 23.3 Å². The van der Waals surface area contributed by atoms with Crippen molar-refractivity contribution in [3.8, 4) is 0 Å². The largest absolute Gasteiger partial charge is 0.478 e. The van der Waals surface area contributed by atoms with Gasteiger partial charge in [0.25, 0.3) is 5.91 Å². The summed E-state index contributed by atoms with van der Waals surface area (Å²) < 4.78 is 13.5. The number of amides is 1. The van der Waals surface area contributed by atoms with Crippen molar-refractivity contribution in [3.05, 3.63) is 59.4 Å². The lowest BCUT2D eigenvalue weighted by atomic mass is 10.1. The molecule has 0 aliphatic carbocycles. The van der Waals surface area contributed by atoms with Crippen LogP contribution < -0.4 is 11.1 Å². The van der Waals surface area contributed by atoms with Crippen molar-refractivity contribution in [2.24, 2.45) is 0 Å². The Kier molecular flexibility index (Phi) is 3.65. The highest BCUT2D eigenvalue weighted by atomic mass is 19.1. The summed E-state index contributed by atoms with van der Waals surface area (Å²) in [6, 6.07) is 9.94.